The maximum Gasteiger partial charge on any atom is 0.402 e. The van der Waals surface area contributed by atoms with E-state index in [1.54, 1.807) is 4.57 Å². The van der Waals surface area contributed by atoms with Gasteiger partial charge >= 0.3 is 6.18 Å². The molecule has 1 N–H and O–H groups in total. The number of alkyl halides is 3. The summed E-state index contributed by atoms with van der Waals surface area (Å²) in [6.45, 7) is 0.277. The molecular weight excluding hydrogens is 233 g/mol. The fraction of sp³-hybridized carbons (Fsp3) is 0.800. The van der Waals surface area contributed by atoms with Crippen LogP contribution in [0.3, 0.4) is 0 Å². The second-order valence-corrected chi connectivity index (χ2v) is 4.80. The standard InChI is InChI=1S/C10H13F3N4/c11-10(12,13)9(3-4-14-5-9)8-16-15-6-17(8)7-1-2-7/h6-7,14H,1-5H2. The topological polar surface area (TPSA) is 42.7 Å². The van der Waals surface area contributed by atoms with Crippen LogP contribution in [-0.4, -0.2) is 34.0 Å². The molecule has 2 fully saturated rings. The molecule has 1 aromatic heterocycles. The molecule has 1 saturated carbocycles. The van der Waals surface area contributed by atoms with Gasteiger partial charge < -0.3 is 9.88 Å². The molecule has 0 aromatic carbocycles. The average Bonchev–Trinajstić information content (AvgIpc) is 2.82. The second-order valence-electron chi connectivity index (χ2n) is 4.80. The molecule has 17 heavy (non-hydrogen) atoms. The predicted molar refractivity (Wildman–Crippen MR) is 53.5 cm³/mol. The molecule has 1 aromatic rings. The van der Waals surface area contributed by atoms with Crippen molar-refractivity contribution in [1.82, 2.24) is 20.1 Å². The highest BCUT2D eigenvalue weighted by atomic mass is 19.4. The SMILES string of the molecule is FC(F)(F)C1(c2nncn2C2CC2)CCNC1. The summed E-state index contributed by atoms with van der Waals surface area (Å²) in [5.41, 5.74) is -1.86. The first-order chi connectivity index (χ1) is 8.05. The van der Waals surface area contributed by atoms with Gasteiger partial charge in [-0.05, 0) is 25.8 Å². The third-order valence-corrected chi connectivity index (χ3v) is 3.64. The van der Waals surface area contributed by atoms with E-state index in [9.17, 15) is 13.2 Å². The van der Waals surface area contributed by atoms with E-state index >= 15 is 0 Å². The molecule has 3 rings (SSSR count). The Morgan fingerprint density at radius 2 is 2.18 bits per heavy atom. The van der Waals surface area contributed by atoms with Crippen LogP contribution in [0.4, 0.5) is 13.2 Å². The number of nitrogens with one attached hydrogen (secondary N) is 1. The number of hydrogen-bond donors (Lipinski definition) is 1. The van der Waals surface area contributed by atoms with Crippen molar-refractivity contribution < 1.29 is 13.2 Å². The van der Waals surface area contributed by atoms with Crippen molar-refractivity contribution in [2.75, 3.05) is 13.1 Å². The highest BCUT2D eigenvalue weighted by Crippen LogP contribution is 2.47. The Kier molecular flexibility index (Phi) is 2.23. The predicted octanol–water partition coefficient (Wildman–Crippen LogP) is 1.41. The van der Waals surface area contributed by atoms with Gasteiger partial charge in [0.05, 0.1) is 0 Å². The largest absolute Gasteiger partial charge is 0.402 e. The first-order valence-electron chi connectivity index (χ1n) is 5.72. The highest BCUT2D eigenvalue weighted by Gasteiger charge is 2.60. The van der Waals surface area contributed by atoms with Crippen molar-refractivity contribution >= 4 is 0 Å². The number of hydrogen-bond acceptors (Lipinski definition) is 3. The molecular formula is C10H13F3N4. The Balaban J connectivity index is 2.06. The van der Waals surface area contributed by atoms with Crippen molar-refractivity contribution in [3.8, 4) is 0 Å². The summed E-state index contributed by atoms with van der Waals surface area (Å²) >= 11 is 0. The van der Waals surface area contributed by atoms with E-state index in [0.29, 0.717) is 6.54 Å². The summed E-state index contributed by atoms with van der Waals surface area (Å²) in [5, 5.41) is 10.2. The van der Waals surface area contributed by atoms with E-state index in [4.69, 9.17) is 0 Å². The first kappa shape index (κ1) is 11.0. The summed E-state index contributed by atoms with van der Waals surface area (Å²) in [6, 6.07) is 0.167. The van der Waals surface area contributed by atoms with E-state index in [0.717, 1.165) is 12.8 Å². The fourth-order valence-corrected chi connectivity index (χ4v) is 2.46. The number of halogens is 3. The van der Waals surface area contributed by atoms with Gasteiger partial charge in [-0.15, -0.1) is 10.2 Å². The van der Waals surface area contributed by atoms with Gasteiger partial charge in [-0.25, -0.2) is 0 Å². The minimum atomic E-state index is -4.28. The van der Waals surface area contributed by atoms with Gasteiger partial charge in [-0.2, -0.15) is 13.2 Å². The van der Waals surface area contributed by atoms with Gasteiger partial charge in [-0.3, -0.25) is 0 Å². The van der Waals surface area contributed by atoms with Gasteiger partial charge in [0.1, 0.15) is 17.6 Å². The Hall–Kier alpha value is -1.11. The van der Waals surface area contributed by atoms with Crippen LogP contribution in [0, 0.1) is 0 Å². The lowest BCUT2D eigenvalue weighted by Gasteiger charge is -2.30. The monoisotopic (exact) mass is 246 g/mol. The maximum absolute atomic E-state index is 13.3. The Morgan fingerprint density at radius 1 is 1.41 bits per heavy atom. The van der Waals surface area contributed by atoms with E-state index < -0.39 is 11.6 Å². The summed E-state index contributed by atoms with van der Waals surface area (Å²) in [4.78, 5) is 0. The van der Waals surface area contributed by atoms with E-state index in [2.05, 4.69) is 15.5 Å². The number of aromatic nitrogens is 3. The molecule has 7 heteroatoms. The molecule has 0 bridgehead atoms. The van der Waals surface area contributed by atoms with Crippen LogP contribution in [0.5, 0.6) is 0 Å². The lowest BCUT2D eigenvalue weighted by molar-refractivity contribution is -0.188. The Morgan fingerprint density at radius 3 is 2.71 bits per heavy atom. The van der Waals surface area contributed by atoms with Crippen molar-refractivity contribution in [2.24, 2.45) is 0 Å². The first-order valence-corrected chi connectivity index (χ1v) is 5.72. The smallest absolute Gasteiger partial charge is 0.315 e. The summed E-state index contributed by atoms with van der Waals surface area (Å²) in [6.07, 6.45) is -0.963. The maximum atomic E-state index is 13.3. The number of rotatable bonds is 2. The summed E-state index contributed by atoms with van der Waals surface area (Å²) in [7, 11) is 0. The van der Waals surface area contributed by atoms with Gasteiger partial charge in [0.15, 0.2) is 0 Å². The fourth-order valence-electron chi connectivity index (χ4n) is 2.46. The van der Waals surface area contributed by atoms with Crippen molar-refractivity contribution in [3.63, 3.8) is 0 Å². The Bertz CT molecular complexity index is 415. The Labute approximate surface area is 96.2 Å². The lowest BCUT2D eigenvalue weighted by atomic mass is 9.85. The molecule has 94 valence electrons. The summed E-state index contributed by atoms with van der Waals surface area (Å²) in [5.74, 6) is 0.0810. The zero-order chi connectivity index (χ0) is 12.1. The minimum Gasteiger partial charge on any atom is -0.315 e. The van der Waals surface area contributed by atoms with Crippen molar-refractivity contribution in [3.05, 3.63) is 12.2 Å². The van der Waals surface area contributed by atoms with Crippen LogP contribution in [0.15, 0.2) is 6.33 Å². The molecule has 2 aliphatic rings. The van der Waals surface area contributed by atoms with Crippen LogP contribution in [0.2, 0.25) is 0 Å². The van der Waals surface area contributed by atoms with Gasteiger partial charge in [-0.1, -0.05) is 0 Å². The molecule has 2 heterocycles. The van der Waals surface area contributed by atoms with Crippen LogP contribution in [0.25, 0.3) is 0 Å². The van der Waals surface area contributed by atoms with Crippen molar-refractivity contribution in [1.29, 1.82) is 0 Å². The third-order valence-electron chi connectivity index (χ3n) is 3.64. The second kappa shape index (κ2) is 3.44. The molecule has 0 spiro atoms. The zero-order valence-corrected chi connectivity index (χ0v) is 9.17. The average molecular weight is 246 g/mol. The van der Waals surface area contributed by atoms with Crippen molar-refractivity contribution in [2.45, 2.75) is 36.9 Å². The summed E-state index contributed by atoms with van der Waals surface area (Å²) < 4.78 is 41.6. The molecule has 1 unspecified atom stereocenters. The molecule has 4 nitrogen and oxygen atoms in total. The van der Waals surface area contributed by atoms with Crippen LogP contribution < -0.4 is 5.32 Å². The van der Waals surface area contributed by atoms with E-state index in [-0.39, 0.29) is 24.8 Å². The van der Waals surface area contributed by atoms with Crippen LogP contribution in [0.1, 0.15) is 31.1 Å². The lowest BCUT2D eigenvalue weighted by Crippen LogP contribution is -2.46. The molecule has 1 atom stereocenters. The molecule has 0 amide bonds. The highest BCUT2D eigenvalue weighted by molar-refractivity contribution is 5.18. The van der Waals surface area contributed by atoms with Crippen LogP contribution >= 0.6 is 0 Å². The molecule has 1 saturated heterocycles. The molecule has 1 aliphatic heterocycles. The normalized spacial score (nSPS) is 29.8. The van der Waals surface area contributed by atoms with Gasteiger partial charge in [0.2, 0.25) is 0 Å². The van der Waals surface area contributed by atoms with E-state index in [1.807, 2.05) is 0 Å². The molecule has 1 aliphatic carbocycles. The molecule has 0 radical (unpaired) electrons. The zero-order valence-electron chi connectivity index (χ0n) is 9.17. The number of nitrogens with zero attached hydrogens (tertiary/aromatic N) is 3. The van der Waals surface area contributed by atoms with Gasteiger partial charge in [0, 0.05) is 12.6 Å². The minimum absolute atomic E-state index is 0.0436. The van der Waals surface area contributed by atoms with E-state index in [1.165, 1.54) is 6.33 Å². The quantitative estimate of drug-likeness (QED) is 0.857. The van der Waals surface area contributed by atoms with Crippen LogP contribution in [-0.2, 0) is 5.41 Å². The third kappa shape index (κ3) is 1.55. The van der Waals surface area contributed by atoms with Gasteiger partial charge in [0.25, 0.3) is 0 Å².